The van der Waals surface area contributed by atoms with Crippen LogP contribution in [0.25, 0.3) is 0 Å². The van der Waals surface area contributed by atoms with Gasteiger partial charge in [-0.1, -0.05) is 6.07 Å². The molecule has 156 valence electrons. The first-order valence-corrected chi connectivity index (χ1v) is 10.9. The van der Waals surface area contributed by atoms with Gasteiger partial charge in [0.15, 0.2) is 17.5 Å². The van der Waals surface area contributed by atoms with Crippen molar-refractivity contribution in [2.45, 2.75) is 36.3 Å². The summed E-state index contributed by atoms with van der Waals surface area (Å²) in [5.74, 6) is 3.85. The van der Waals surface area contributed by atoms with Gasteiger partial charge < -0.3 is 24.8 Å². The highest BCUT2D eigenvalue weighted by Gasteiger charge is 2.36. The molecule has 6 nitrogen and oxygen atoms in total. The monoisotopic (exact) mass is 519 g/mol. The molecule has 3 heterocycles. The lowest BCUT2D eigenvalue weighted by atomic mass is 9.74. The molecule has 0 amide bonds. The maximum absolute atomic E-state index is 5.65. The predicted molar refractivity (Wildman–Crippen MR) is 125 cm³/mol. The van der Waals surface area contributed by atoms with E-state index in [0.717, 1.165) is 56.6 Å². The fraction of sp³-hybridized carbons (Fsp3) is 0.650. The molecule has 0 aliphatic carbocycles. The minimum absolute atomic E-state index is 0. The summed E-state index contributed by atoms with van der Waals surface area (Å²) in [6, 6.07) is 6.34. The molecule has 1 unspecified atom stereocenters. The summed E-state index contributed by atoms with van der Waals surface area (Å²) < 4.78 is 16.7. The van der Waals surface area contributed by atoms with Gasteiger partial charge in [0, 0.05) is 44.0 Å². The topological polar surface area (TPSA) is 64.1 Å². The number of ether oxygens (including phenoxy) is 3. The number of guanidine groups is 1. The maximum Gasteiger partial charge on any atom is 0.231 e. The van der Waals surface area contributed by atoms with Crippen LogP contribution in [-0.2, 0) is 10.2 Å². The highest BCUT2D eigenvalue weighted by atomic mass is 127. The van der Waals surface area contributed by atoms with Crippen molar-refractivity contribution >= 4 is 41.7 Å². The van der Waals surface area contributed by atoms with Crippen molar-refractivity contribution in [2.24, 2.45) is 4.99 Å². The zero-order chi connectivity index (χ0) is 18.5. The second-order valence-corrected chi connectivity index (χ2v) is 8.81. The summed E-state index contributed by atoms with van der Waals surface area (Å²) in [6.07, 6.45) is 4.59. The zero-order valence-corrected chi connectivity index (χ0v) is 19.5. The normalized spacial score (nSPS) is 23.2. The molecule has 0 spiro atoms. The van der Waals surface area contributed by atoms with Gasteiger partial charge in [-0.25, -0.2) is 0 Å². The molecule has 0 aromatic heterocycles. The molecule has 0 bridgehead atoms. The number of nitrogens with zero attached hydrogens (tertiary/aromatic N) is 1. The average Bonchev–Trinajstić information content (AvgIpc) is 3.40. The Kier molecular flexibility index (Phi) is 7.99. The van der Waals surface area contributed by atoms with Crippen LogP contribution in [0.1, 0.15) is 31.2 Å². The number of nitrogens with one attached hydrogen (secondary N) is 2. The van der Waals surface area contributed by atoms with Crippen LogP contribution in [0, 0.1) is 0 Å². The Morgan fingerprint density at radius 2 is 2.04 bits per heavy atom. The number of halogens is 1. The van der Waals surface area contributed by atoms with Crippen molar-refractivity contribution < 1.29 is 14.2 Å². The molecule has 2 fully saturated rings. The third kappa shape index (κ3) is 4.99. The lowest BCUT2D eigenvalue weighted by Crippen LogP contribution is -2.48. The lowest BCUT2D eigenvalue weighted by Gasteiger charge is -2.38. The van der Waals surface area contributed by atoms with E-state index in [0.29, 0.717) is 12.0 Å². The second kappa shape index (κ2) is 10.2. The molecule has 3 aliphatic rings. The Morgan fingerprint density at radius 1 is 1.21 bits per heavy atom. The van der Waals surface area contributed by atoms with E-state index in [1.54, 1.807) is 0 Å². The molecule has 2 saturated heterocycles. The van der Waals surface area contributed by atoms with E-state index in [4.69, 9.17) is 14.2 Å². The van der Waals surface area contributed by atoms with Gasteiger partial charge in [-0.05, 0) is 49.1 Å². The quantitative estimate of drug-likeness (QED) is 0.354. The molecule has 28 heavy (non-hydrogen) atoms. The van der Waals surface area contributed by atoms with E-state index >= 15 is 0 Å². The molecular formula is C20H30IN3O3S. The van der Waals surface area contributed by atoms with Gasteiger partial charge in [0.2, 0.25) is 6.79 Å². The highest BCUT2D eigenvalue weighted by Crippen LogP contribution is 2.40. The molecule has 0 saturated carbocycles. The third-order valence-corrected chi connectivity index (χ3v) is 7.17. The number of hydrogen-bond acceptors (Lipinski definition) is 5. The van der Waals surface area contributed by atoms with E-state index < -0.39 is 0 Å². The van der Waals surface area contributed by atoms with E-state index in [-0.39, 0.29) is 29.4 Å². The first-order valence-electron chi connectivity index (χ1n) is 9.83. The fourth-order valence-corrected chi connectivity index (χ4v) is 5.25. The van der Waals surface area contributed by atoms with Gasteiger partial charge in [-0.3, -0.25) is 4.99 Å². The minimum atomic E-state index is 0. The van der Waals surface area contributed by atoms with Gasteiger partial charge in [0.05, 0.1) is 0 Å². The van der Waals surface area contributed by atoms with Crippen LogP contribution in [0.4, 0.5) is 0 Å². The van der Waals surface area contributed by atoms with Crippen LogP contribution in [-0.4, -0.2) is 57.1 Å². The molecule has 3 aliphatic heterocycles. The van der Waals surface area contributed by atoms with Crippen LogP contribution in [0.3, 0.4) is 0 Å². The maximum atomic E-state index is 5.65. The zero-order valence-electron chi connectivity index (χ0n) is 16.4. The van der Waals surface area contributed by atoms with Crippen LogP contribution < -0.4 is 20.1 Å². The Hall–Kier alpha value is -0.870. The van der Waals surface area contributed by atoms with Crippen molar-refractivity contribution in [1.82, 2.24) is 10.6 Å². The van der Waals surface area contributed by atoms with Gasteiger partial charge in [-0.2, -0.15) is 11.8 Å². The smallest absolute Gasteiger partial charge is 0.231 e. The molecule has 2 N–H and O–H groups in total. The Labute approximate surface area is 188 Å². The first kappa shape index (κ1) is 21.8. The largest absolute Gasteiger partial charge is 0.454 e. The fourth-order valence-electron chi connectivity index (χ4n) is 4.05. The number of hydrogen-bond donors (Lipinski definition) is 2. The lowest BCUT2D eigenvalue weighted by molar-refractivity contribution is 0.0513. The van der Waals surface area contributed by atoms with E-state index in [1.165, 1.54) is 24.2 Å². The SMILES string of the molecule is CN=C(NCC1CCCS1)NCC1(c2ccc3c(c2)OCO3)CCOCC1.I. The van der Waals surface area contributed by atoms with E-state index in [9.17, 15) is 0 Å². The summed E-state index contributed by atoms with van der Waals surface area (Å²) in [5, 5.41) is 7.78. The number of thioether (sulfide) groups is 1. The van der Waals surface area contributed by atoms with E-state index in [2.05, 4.69) is 39.5 Å². The third-order valence-electron chi connectivity index (χ3n) is 5.77. The minimum Gasteiger partial charge on any atom is -0.454 e. The molecule has 1 aromatic rings. The molecule has 0 radical (unpaired) electrons. The summed E-state index contributed by atoms with van der Waals surface area (Å²) in [4.78, 5) is 4.43. The number of rotatable bonds is 5. The van der Waals surface area contributed by atoms with Gasteiger partial charge in [0.25, 0.3) is 0 Å². The number of benzene rings is 1. The van der Waals surface area contributed by atoms with Crippen LogP contribution in [0.2, 0.25) is 0 Å². The van der Waals surface area contributed by atoms with Gasteiger partial charge >= 0.3 is 0 Å². The van der Waals surface area contributed by atoms with Crippen LogP contribution in [0.15, 0.2) is 23.2 Å². The molecule has 4 rings (SSSR count). The molecule has 1 atom stereocenters. The second-order valence-electron chi connectivity index (χ2n) is 7.40. The Bertz CT molecular complexity index is 677. The van der Waals surface area contributed by atoms with Crippen LogP contribution in [0.5, 0.6) is 11.5 Å². The number of fused-ring (bicyclic) bond motifs is 1. The highest BCUT2D eigenvalue weighted by molar-refractivity contribution is 14.0. The molecular weight excluding hydrogens is 489 g/mol. The van der Waals surface area contributed by atoms with Crippen molar-refractivity contribution in [2.75, 3.05) is 45.9 Å². The summed E-state index contributed by atoms with van der Waals surface area (Å²) in [7, 11) is 1.84. The van der Waals surface area contributed by atoms with Gasteiger partial charge in [-0.15, -0.1) is 24.0 Å². The Balaban J connectivity index is 0.00000225. The number of aliphatic imine (C=N–C) groups is 1. The van der Waals surface area contributed by atoms with E-state index in [1.807, 2.05) is 13.1 Å². The Morgan fingerprint density at radius 3 is 2.79 bits per heavy atom. The van der Waals surface area contributed by atoms with Crippen LogP contribution >= 0.6 is 35.7 Å². The van der Waals surface area contributed by atoms with Crippen molar-refractivity contribution in [3.63, 3.8) is 0 Å². The molecule has 1 aromatic carbocycles. The van der Waals surface area contributed by atoms with Gasteiger partial charge in [0.1, 0.15) is 0 Å². The predicted octanol–water partition coefficient (Wildman–Crippen LogP) is 3.14. The molecule has 8 heteroatoms. The van der Waals surface area contributed by atoms with Crippen molar-refractivity contribution in [3.05, 3.63) is 23.8 Å². The summed E-state index contributed by atoms with van der Waals surface area (Å²) in [6.45, 7) is 3.67. The average molecular weight is 519 g/mol. The summed E-state index contributed by atoms with van der Waals surface area (Å²) >= 11 is 2.06. The standard InChI is InChI=1S/C20H29N3O3S.HI/c1-21-19(22-12-16-3-2-10-27-16)23-13-20(6-8-24-9-7-20)15-4-5-17-18(11-15)26-14-25-17;/h4-5,11,16H,2-3,6-10,12-14H2,1H3,(H2,21,22,23);1H. The van der Waals surface area contributed by atoms with Crippen molar-refractivity contribution in [1.29, 1.82) is 0 Å². The first-order chi connectivity index (χ1) is 13.3. The van der Waals surface area contributed by atoms with Crippen molar-refractivity contribution in [3.8, 4) is 11.5 Å². The summed E-state index contributed by atoms with van der Waals surface area (Å²) in [5.41, 5.74) is 1.29.